The number of amides is 1. The molecule has 1 fully saturated rings. The SMILES string of the molecule is C=N/C=C(\C=NCCN(C)c1nc(-c2cnn(CCN(C)C)c2)nc(N2CCOCC2)c1N=C)C(=O)NO.CNC. The monoisotopic (exact) mass is 570 g/mol. The highest BCUT2D eigenvalue weighted by Gasteiger charge is 2.24. The molecule has 2 aromatic rings. The van der Waals surface area contributed by atoms with Gasteiger partial charge < -0.3 is 24.8 Å². The number of aromatic nitrogens is 4. The average Bonchev–Trinajstić information content (AvgIpc) is 3.46. The van der Waals surface area contributed by atoms with Gasteiger partial charge in [-0.15, -0.1) is 0 Å². The zero-order valence-corrected chi connectivity index (χ0v) is 24.6. The topological polar surface area (TPSA) is 161 Å². The van der Waals surface area contributed by atoms with Crippen LogP contribution in [-0.4, -0.2) is 137 Å². The van der Waals surface area contributed by atoms with E-state index in [2.05, 4.69) is 48.6 Å². The van der Waals surface area contributed by atoms with Crippen molar-refractivity contribution >= 4 is 42.9 Å². The molecule has 1 amide bonds. The molecule has 15 nitrogen and oxygen atoms in total. The molecule has 0 aliphatic carbocycles. The smallest absolute Gasteiger partial charge is 0.277 e. The van der Waals surface area contributed by atoms with Gasteiger partial charge in [-0.25, -0.2) is 15.4 Å². The Labute approximate surface area is 241 Å². The minimum Gasteiger partial charge on any atom is -0.378 e. The Hall–Kier alpha value is -4.05. The minimum absolute atomic E-state index is 0.0730. The highest BCUT2D eigenvalue weighted by molar-refractivity contribution is 6.11. The Morgan fingerprint density at radius 3 is 2.51 bits per heavy atom. The maximum atomic E-state index is 11.7. The van der Waals surface area contributed by atoms with Crippen LogP contribution in [0.3, 0.4) is 0 Å². The third-order valence-electron chi connectivity index (χ3n) is 5.73. The van der Waals surface area contributed by atoms with E-state index >= 15 is 0 Å². The van der Waals surface area contributed by atoms with Crippen molar-refractivity contribution in [3.63, 3.8) is 0 Å². The van der Waals surface area contributed by atoms with Crippen LogP contribution in [-0.2, 0) is 16.1 Å². The summed E-state index contributed by atoms with van der Waals surface area (Å²) in [5.74, 6) is 1.08. The number of rotatable bonds is 13. The minimum atomic E-state index is -0.727. The zero-order chi connectivity index (χ0) is 30.2. The second kappa shape index (κ2) is 17.6. The van der Waals surface area contributed by atoms with Crippen LogP contribution in [0.5, 0.6) is 0 Å². The number of morpholine rings is 1. The van der Waals surface area contributed by atoms with Gasteiger partial charge in [-0.05, 0) is 41.6 Å². The van der Waals surface area contributed by atoms with Gasteiger partial charge in [-0.2, -0.15) is 5.10 Å². The van der Waals surface area contributed by atoms with Gasteiger partial charge in [0.05, 0.1) is 43.6 Å². The highest BCUT2D eigenvalue weighted by atomic mass is 16.5. The normalized spacial score (nSPS) is 13.6. The summed E-state index contributed by atoms with van der Waals surface area (Å²) in [5, 5.41) is 16.1. The lowest BCUT2D eigenvalue weighted by atomic mass is 10.2. The summed E-state index contributed by atoms with van der Waals surface area (Å²) in [7, 11) is 9.66. The first-order valence-electron chi connectivity index (χ1n) is 13.1. The molecule has 224 valence electrons. The first-order chi connectivity index (χ1) is 19.8. The maximum Gasteiger partial charge on any atom is 0.277 e. The second-order valence-corrected chi connectivity index (χ2v) is 9.26. The number of hydrogen-bond donors (Lipinski definition) is 3. The van der Waals surface area contributed by atoms with Crippen molar-refractivity contribution in [3.05, 3.63) is 24.2 Å². The Morgan fingerprint density at radius 1 is 1.20 bits per heavy atom. The maximum absolute atomic E-state index is 11.7. The molecular formula is C26H42N12O3. The van der Waals surface area contributed by atoms with Gasteiger partial charge in [0.1, 0.15) is 5.69 Å². The molecule has 2 aromatic heterocycles. The predicted octanol–water partition coefficient (Wildman–Crippen LogP) is 0.503. The van der Waals surface area contributed by atoms with Crippen molar-refractivity contribution in [3.8, 4) is 11.4 Å². The molecule has 1 aliphatic heterocycles. The van der Waals surface area contributed by atoms with E-state index in [-0.39, 0.29) is 5.57 Å². The van der Waals surface area contributed by atoms with Gasteiger partial charge in [0.25, 0.3) is 5.91 Å². The number of aliphatic imine (C=N–C) groups is 3. The van der Waals surface area contributed by atoms with Crippen molar-refractivity contribution in [2.24, 2.45) is 15.0 Å². The van der Waals surface area contributed by atoms with E-state index in [1.165, 1.54) is 12.4 Å². The van der Waals surface area contributed by atoms with E-state index in [0.29, 0.717) is 62.5 Å². The van der Waals surface area contributed by atoms with Gasteiger partial charge in [0.15, 0.2) is 17.5 Å². The van der Waals surface area contributed by atoms with Crippen LogP contribution in [0.1, 0.15) is 0 Å². The standard InChI is InChI=1S/C24H35N11O3.C2H7N/c1-25-14-18(24(36)31-37)15-27-6-7-33(5)22-20(26-2)23(34-10-12-38-13-11-34)30-21(29-22)19-16-28-35(17-19)9-8-32(3)4;1-3-2/h14-17,37H,1-2,6-13H2,3-5H3,(H,31,36);3H,1-2H3/b18-14+,27-15?;. The predicted molar refractivity (Wildman–Crippen MR) is 163 cm³/mol. The van der Waals surface area contributed by atoms with Crippen LogP contribution in [0.15, 0.2) is 39.1 Å². The van der Waals surface area contributed by atoms with Gasteiger partial charge >= 0.3 is 0 Å². The summed E-state index contributed by atoms with van der Waals surface area (Å²) in [5.41, 5.74) is 2.99. The van der Waals surface area contributed by atoms with Crippen molar-refractivity contribution in [1.82, 2.24) is 35.4 Å². The third kappa shape index (κ3) is 10.1. The zero-order valence-electron chi connectivity index (χ0n) is 24.6. The third-order valence-corrected chi connectivity index (χ3v) is 5.73. The van der Waals surface area contributed by atoms with Crippen LogP contribution in [0.2, 0.25) is 0 Å². The Morgan fingerprint density at radius 2 is 1.90 bits per heavy atom. The lowest BCUT2D eigenvalue weighted by molar-refractivity contribution is -0.124. The molecular weight excluding hydrogens is 528 g/mol. The quantitative estimate of drug-likeness (QED) is 0.134. The molecule has 0 bridgehead atoms. The van der Waals surface area contributed by atoms with Crippen LogP contribution < -0.4 is 20.6 Å². The molecule has 3 rings (SSSR count). The fourth-order valence-electron chi connectivity index (χ4n) is 3.66. The van der Waals surface area contributed by atoms with Crippen LogP contribution in [0.4, 0.5) is 17.3 Å². The van der Waals surface area contributed by atoms with E-state index in [9.17, 15) is 4.79 Å². The summed E-state index contributed by atoms with van der Waals surface area (Å²) >= 11 is 0. The van der Waals surface area contributed by atoms with E-state index in [1.54, 1.807) is 11.7 Å². The Bertz CT molecular complexity index is 1190. The fraction of sp³-hybridized carbons (Fsp3) is 0.500. The molecule has 0 atom stereocenters. The van der Waals surface area contributed by atoms with Crippen LogP contribution in [0, 0.1) is 0 Å². The molecule has 15 heteroatoms. The van der Waals surface area contributed by atoms with E-state index in [4.69, 9.17) is 19.9 Å². The lowest BCUT2D eigenvalue weighted by Crippen LogP contribution is -2.37. The molecule has 1 aliphatic rings. The summed E-state index contributed by atoms with van der Waals surface area (Å²) in [6.45, 7) is 12.0. The number of hydroxylamine groups is 1. The fourth-order valence-corrected chi connectivity index (χ4v) is 3.66. The van der Waals surface area contributed by atoms with E-state index in [0.717, 1.165) is 18.7 Å². The number of carbonyl (C=O) groups is 1. The molecule has 3 N–H and O–H groups in total. The Kier molecular flexibility index (Phi) is 14.2. The number of hydrogen-bond acceptors (Lipinski definition) is 13. The molecule has 0 aromatic carbocycles. The van der Waals surface area contributed by atoms with Gasteiger partial charge in [-0.1, -0.05) is 0 Å². The first kappa shape index (κ1) is 33.2. The number of carbonyl (C=O) groups excluding carboxylic acids is 1. The summed E-state index contributed by atoms with van der Waals surface area (Å²) in [4.78, 5) is 39.7. The summed E-state index contributed by atoms with van der Waals surface area (Å²) in [6.07, 6.45) is 6.23. The molecule has 1 saturated heterocycles. The second-order valence-electron chi connectivity index (χ2n) is 9.26. The summed E-state index contributed by atoms with van der Waals surface area (Å²) < 4.78 is 7.40. The number of anilines is 2. The van der Waals surface area contributed by atoms with Gasteiger partial charge in [0, 0.05) is 51.8 Å². The van der Waals surface area contributed by atoms with Crippen molar-refractivity contribution in [2.75, 3.05) is 91.0 Å². The Balaban J connectivity index is 0.00000187. The van der Waals surface area contributed by atoms with Crippen molar-refractivity contribution in [1.29, 1.82) is 0 Å². The van der Waals surface area contributed by atoms with Gasteiger partial charge in [-0.3, -0.25) is 29.7 Å². The van der Waals surface area contributed by atoms with E-state index in [1.807, 2.05) is 51.0 Å². The van der Waals surface area contributed by atoms with E-state index < -0.39 is 5.91 Å². The number of nitrogens with zero attached hydrogens (tertiary/aromatic N) is 10. The van der Waals surface area contributed by atoms with Crippen molar-refractivity contribution in [2.45, 2.75) is 6.54 Å². The number of nitrogens with one attached hydrogen (secondary N) is 2. The number of ether oxygens (including phenoxy) is 1. The molecule has 0 radical (unpaired) electrons. The molecule has 41 heavy (non-hydrogen) atoms. The molecule has 3 heterocycles. The summed E-state index contributed by atoms with van der Waals surface area (Å²) in [6, 6.07) is 0. The highest BCUT2D eigenvalue weighted by Crippen LogP contribution is 2.37. The van der Waals surface area contributed by atoms with Crippen molar-refractivity contribution < 1.29 is 14.7 Å². The molecule has 0 unspecified atom stereocenters. The molecule has 0 saturated carbocycles. The molecule has 0 spiro atoms. The lowest BCUT2D eigenvalue weighted by Gasteiger charge is -2.30. The van der Waals surface area contributed by atoms with Crippen LogP contribution >= 0.6 is 0 Å². The first-order valence-corrected chi connectivity index (χ1v) is 13.1. The largest absolute Gasteiger partial charge is 0.378 e. The average molecular weight is 571 g/mol. The van der Waals surface area contributed by atoms with Crippen LogP contribution in [0.25, 0.3) is 11.4 Å². The number of likely N-dealkylation sites (N-methyl/N-ethyl adjacent to an activating group) is 2. The van der Waals surface area contributed by atoms with Gasteiger partial charge in [0.2, 0.25) is 0 Å².